The Bertz CT molecular complexity index is 587. The summed E-state index contributed by atoms with van der Waals surface area (Å²) in [6, 6.07) is 2.02. The lowest BCUT2D eigenvalue weighted by molar-refractivity contribution is 0.768. The second-order valence-electron chi connectivity index (χ2n) is 2.57. The number of aryl methyl sites for hydroxylation is 1. The Labute approximate surface area is 97.4 Å². The highest BCUT2D eigenvalue weighted by atomic mass is 35.5. The van der Waals surface area contributed by atoms with Crippen molar-refractivity contribution in [2.75, 3.05) is 0 Å². The summed E-state index contributed by atoms with van der Waals surface area (Å²) in [6.07, 6.45) is 1.47. The van der Waals surface area contributed by atoms with E-state index in [-0.39, 0.29) is 0 Å². The fourth-order valence-electron chi connectivity index (χ4n) is 0.964. The first-order chi connectivity index (χ1) is 7.22. The maximum Gasteiger partial charge on any atom is 0.179 e. The van der Waals surface area contributed by atoms with Crippen molar-refractivity contribution >= 4 is 38.3 Å². The van der Waals surface area contributed by atoms with Crippen LogP contribution < -0.4 is 4.67 Å². The number of hydrogen-bond acceptors (Lipinski definition) is 6. The molecular formula is C7H4ClN5S2. The summed E-state index contributed by atoms with van der Waals surface area (Å²) < 4.78 is 6.03. The topological polar surface area (TPSA) is 66.9 Å². The lowest BCUT2D eigenvalue weighted by atomic mass is 10.4. The van der Waals surface area contributed by atoms with Crippen molar-refractivity contribution in [3.63, 3.8) is 0 Å². The van der Waals surface area contributed by atoms with Crippen molar-refractivity contribution in [3.05, 3.63) is 21.6 Å². The van der Waals surface area contributed by atoms with E-state index in [2.05, 4.69) is 14.5 Å². The van der Waals surface area contributed by atoms with E-state index in [0.717, 1.165) is 0 Å². The first-order valence-corrected chi connectivity index (χ1v) is 6.29. The normalized spacial score (nSPS) is 11.7. The van der Waals surface area contributed by atoms with E-state index >= 15 is 0 Å². The van der Waals surface area contributed by atoms with Crippen LogP contribution >= 0.6 is 32.5 Å². The average molecular weight is 258 g/mol. The summed E-state index contributed by atoms with van der Waals surface area (Å²) in [5, 5.41) is 13.1. The SMILES string of the molecule is Cn1ncc(C#N)c1/N=c1\ssnc1Cl. The summed E-state index contributed by atoms with van der Waals surface area (Å²) in [5.41, 5.74) is 0.423. The molecule has 0 atom stereocenters. The molecule has 0 aliphatic heterocycles. The second kappa shape index (κ2) is 4.10. The van der Waals surface area contributed by atoms with Crippen LogP contribution in [0.15, 0.2) is 11.2 Å². The van der Waals surface area contributed by atoms with Crippen molar-refractivity contribution in [1.29, 1.82) is 5.26 Å². The molecule has 0 saturated carbocycles. The van der Waals surface area contributed by atoms with Crippen molar-refractivity contribution in [1.82, 2.24) is 14.2 Å². The predicted octanol–water partition coefficient (Wildman–Crippen LogP) is 1.70. The number of hydrogen-bond donors (Lipinski definition) is 0. The molecule has 0 spiro atoms. The number of rotatable bonds is 1. The van der Waals surface area contributed by atoms with Gasteiger partial charge in [0.25, 0.3) is 0 Å². The molecule has 5 nitrogen and oxygen atoms in total. The van der Waals surface area contributed by atoms with Crippen LogP contribution in [0.1, 0.15) is 5.56 Å². The van der Waals surface area contributed by atoms with Crippen LogP contribution in [0.3, 0.4) is 0 Å². The lowest BCUT2D eigenvalue weighted by Crippen LogP contribution is -1.97. The second-order valence-corrected chi connectivity index (χ2v) is 4.76. The van der Waals surface area contributed by atoms with Crippen molar-refractivity contribution in [2.45, 2.75) is 0 Å². The minimum Gasteiger partial charge on any atom is -0.250 e. The van der Waals surface area contributed by atoms with Crippen LogP contribution in [0.4, 0.5) is 5.82 Å². The molecule has 0 fully saturated rings. The Morgan fingerprint density at radius 3 is 3.07 bits per heavy atom. The van der Waals surface area contributed by atoms with Crippen molar-refractivity contribution < 1.29 is 0 Å². The van der Waals surface area contributed by atoms with Crippen LogP contribution in [-0.4, -0.2) is 14.2 Å². The fourth-order valence-corrected chi connectivity index (χ4v) is 2.94. The molecule has 0 amide bonds. The lowest BCUT2D eigenvalue weighted by Gasteiger charge is -1.92. The van der Waals surface area contributed by atoms with E-state index in [1.807, 2.05) is 6.07 Å². The molecule has 2 rings (SSSR count). The Kier molecular flexibility index (Phi) is 2.81. The molecule has 2 aromatic rings. The number of nitrogens with zero attached hydrogens (tertiary/aromatic N) is 5. The van der Waals surface area contributed by atoms with E-state index < -0.39 is 0 Å². The minimum absolute atomic E-state index is 0.357. The first kappa shape index (κ1) is 10.3. The predicted molar refractivity (Wildman–Crippen MR) is 58.1 cm³/mol. The molecule has 0 bridgehead atoms. The van der Waals surface area contributed by atoms with E-state index in [1.54, 1.807) is 7.05 Å². The van der Waals surface area contributed by atoms with Gasteiger partial charge < -0.3 is 0 Å². The van der Waals surface area contributed by atoms with E-state index in [0.29, 0.717) is 21.2 Å². The largest absolute Gasteiger partial charge is 0.250 e. The van der Waals surface area contributed by atoms with Crippen molar-refractivity contribution in [2.24, 2.45) is 12.0 Å². The van der Waals surface area contributed by atoms with Gasteiger partial charge in [-0.15, -0.1) is 0 Å². The zero-order valence-corrected chi connectivity index (χ0v) is 9.90. The average Bonchev–Trinajstić information content (AvgIpc) is 2.77. The number of aromatic nitrogens is 3. The van der Waals surface area contributed by atoms with Gasteiger partial charge in [0.15, 0.2) is 15.6 Å². The summed E-state index contributed by atoms with van der Waals surface area (Å²) in [5.74, 6) is 0.496. The van der Waals surface area contributed by atoms with Crippen molar-refractivity contribution in [3.8, 4) is 6.07 Å². The van der Waals surface area contributed by atoms with Gasteiger partial charge in [0, 0.05) is 17.6 Å². The minimum atomic E-state index is 0.357. The van der Waals surface area contributed by atoms with Crippen LogP contribution in [0.2, 0.25) is 5.15 Å². The van der Waals surface area contributed by atoms with Crippen LogP contribution in [0.25, 0.3) is 0 Å². The summed E-state index contributed by atoms with van der Waals surface area (Å²) in [4.78, 5) is 4.24. The Balaban J connectivity index is 2.63. The highest BCUT2D eigenvalue weighted by Crippen LogP contribution is 2.17. The monoisotopic (exact) mass is 257 g/mol. The molecule has 0 aliphatic rings. The zero-order valence-electron chi connectivity index (χ0n) is 7.51. The zero-order chi connectivity index (χ0) is 10.8. The molecule has 0 saturated heterocycles. The highest BCUT2D eigenvalue weighted by molar-refractivity contribution is 7.66. The molecule has 0 aliphatic carbocycles. The first-order valence-electron chi connectivity index (χ1n) is 3.80. The summed E-state index contributed by atoms with van der Waals surface area (Å²) >= 11 is 5.81. The van der Waals surface area contributed by atoms with Gasteiger partial charge in [-0.05, 0) is 10.3 Å². The summed E-state index contributed by atoms with van der Waals surface area (Å²) in [6.45, 7) is 0. The Morgan fingerprint density at radius 1 is 1.67 bits per heavy atom. The molecule has 2 aromatic heterocycles. The van der Waals surface area contributed by atoms with Gasteiger partial charge in [0.05, 0.1) is 6.20 Å². The summed E-state index contributed by atoms with van der Waals surface area (Å²) in [7, 11) is 4.34. The van der Waals surface area contributed by atoms with Gasteiger partial charge >= 0.3 is 0 Å². The maximum absolute atomic E-state index is 8.82. The quantitative estimate of drug-likeness (QED) is 0.730. The smallest absolute Gasteiger partial charge is 0.179 e. The van der Waals surface area contributed by atoms with E-state index in [4.69, 9.17) is 16.9 Å². The van der Waals surface area contributed by atoms with Gasteiger partial charge in [0.2, 0.25) is 0 Å². The Morgan fingerprint density at radius 2 is 2.47 bits per heavy atom. The fraction of sp³-hybridized carbons (Fsp3) is 0.143. The third-order valence-electron chi connectivity index (χ3n) is 1.65. The van der Waals surface area contributed by atoms with Gasteiger partial charge in [-0.3, -0.25) is 0 Å². The van der Waals surface area contributed by atoms with E-state index in [1.165, 1.54) is 31.8 Å². The number of nitriles is 1. The number of halogens is 1. The molecular weight excluding hydrogens is 254 g/mol. The van der Waals surface area contributed by atoms with Gasteiger partial charge in [-0.2, -0.15) is 14.7 Å². The third kappa shape index (κ3) is 1.92. The molecule has 0 unspecified atom stereocenters. The third-order valence-corrected chi connectivity index (χ3v) is 3.82. The molecule has 0 N–H and O–H groups in total. The molecule has 15 heavy (non-hydrogen) atoms. The molecule has 76 valence electrons. The van der Waals surface area contributed by atoms with Gasteiger partial charge in [0.1, 0.15) is 11.6 Å². The maximum atomic E-state index is 8.82. The molecule has 2 heterocycles. The Hall–Kier alpha value is -1.23. The molecule has 8 heteroatoms. The van der Waals surface area contributed by atoms with Crippen LogP contribution in [0.5, 0.6) is 0 Å². The molecule has 0 radical (unpaired) electrons. The van der Waals surface area contributed by atoms with Crippen LogP contribution in [0, 0.1) is 11.3 Å². The van der Waals surface area contributed by atoms with Gasteiger partial charge in [-0.1, -0.05) is 11.6 Å². The van der Waals surface area contributed by atoms with E-state index in [9.17, 15) is 0 Å². The van der Waals surface area contributed by atoms with Crippen LogP contribution in [-0.2, 0) is 7.05 Å². The standard InChI is InChI=1S/C7H4ClN5S2/c1-13-6(4(2-9)3-10-13)11-7-5(8)12-15-14-7/h3H,1H3/b11-7-. The molecule has 0 aromatic carbocycles. The van der Waals surface area contributed by atoms with Gasteiger partial charge in [-0.25, -0.2) is 9.67 Å². The highest BCUT2D eigenvalue weighted by Gasteiger charge is 2.07.